The van der Waals surface area contributed by atoms with Crippen LogP contribution >= 0.6 is 19.0 Å². The summed E-state index contributed by atoms with van der Waals surface area (Å²) in [6.45, 7) is 8.66. The minimum Gasteiger partial charge on any atom is -0.494 e. The number of rotatable bonds is 8. The van der Waals surface area contributed by atoms with Gasteiger partial charge in [-0.25, -0.2) is 4.98 Å². The zero-order valence-electron chi connectivity index (χ0n) is 23.4. The number of aromatic nitrogens is 2. The van der Waals surface area contributed by atoms with Gasteiger partial charge in [-0.2, -0.15) is 4.98 Å². The van der Waals surface area contributed by atoms with Crippen LogP contribution in [0.15, 0.2) is 42.6 Å². The van der Waals surface area contributed by atoms with Crippen molar-refractivity contribution in [3.8, 4) is 5.75 Å². The van der Waals surface area contributed by atoms with Gasteiger partial charge in [-0.1, -0.05) is 17.7 Å². The third-order valence-corrected chi connectivity index (χ3v) is 8.92. The van der Waals surface area contributed by atoms with E-state index in [0.29, 0.717) is 39.6 Å². The minimum absolute atomic E-state index is 0.346. The van der Waals surface area contributed by atoms with Gasteiger partial charge in [0, 0.05) is 57.1 Å². The summed E-state index contributed by atoms with van der Waals surface area (Å²) < 4.78 is 18.0. The van der Waals surface area contributed by atoms with Crippen molar-refractivity contribution in [1.82, 2.24) is 19.8 Å². The van der Waals surface area contributed by atoms with Gasteiger partial charge in [-0.15, -0.1) is 0 Å². The molecule has 0 aliphatic carbocycles. The maximum atomic E-state index is 12.2. The van der Waals surface area contributed by atoms with E-state index in [-0.39, 0.29) is 0 Å². The fourth-order valence-corrected chi connectivity index (χ4v) is 6.26. The monoisotopic (exact) mass is 581 g/mol. The van der Waals surface area contributed by atoms with E-state index in [4.69, 9.17) is 16.3 Å². The Kier molecular flexibility index (Phi) is 8.96. The number of halogens is 1. The number of methoxy groups -OCH3 is 1. The van der Waals surface area contributed by atoms with Gasteiger partial charge in [0.15, 0.2) is 5.82 Å². The molecule has 40 heavy (non-hydrogen) atoms. The molecule has 2 N–H and O–H groups in total. The lowest BCUT2D eigenvalue weighted by Crippen LogP contribution is -2.52. The zero-order valence-corrected chi connectivity index (χ0v) is 25.0. The maximum absolute atomic E-state index is 12.2. The van der Waals surface area contributed by atoms with Crippen molar-refractivity contribution in [2.45, 2.75) is 25.8 Å². The maximum Gasteiger partial charge on any atom is 0.229 e. The molecule has 11 heteroatoms. The minimum atomic E-state index is -1.80. The van der Waals surface area contributed by atoms with Crippen molar-refractivity contribution in [3.05, 3.63) is 53.2 Å². The fourth-order valence-electron chi connectivity index (χ4n) is 5.37. The number of nitrogens with one attached hydrogen (secondary N) is 2. The molecule has 2 aliphatic heterocycles. The van der Waals surface area contributed by atoms with Gasteiger partial charge < -0.3 is 25.2 Å². The van der Waals surface area contributed by atoms with Gasteiger partial charge in [0.05, 0.1) is 30.0 Å². The zero-order chi connectivity index (χ0) is 28.2. The predicted molar refractivity (Wildman–Crippen MR) is 166 cm³/mol. The molecule has 0 radical (unpaired) electrons. The Labute approximate surface area is 241 Å². The second-order valence-electron chi connectivity index (χ2n) is 10.5. The van der Waals surface area contributed by atoms with Gasteiger partial charge >= 0.3 is 0 Å². The van der Waals surface area contributed by atoms with Crippen LogP contribution in [0.4, 0.5) is 28.8 Å². The molecular weight excluding hydrogens is 545 g/mol. The lowest BCUT2D eigenvalue weighted by atomic mass is 10.0. The van der Waals surface area contributed by atoms with Gasteiger partial charge in [0.25, 0.3) is 0 Å². The van der Waals surface area contributed by atoms with Crippen LogP contribution in [0.2, 0.25) is 5.02 Å². The lowest BCUT2D eigenvalue weighted by molar-refractivity contribution is 0.0982. The molecule has 0 saturated carbocycles. The first kappa shape index (κ1) is 28.4. The molecule has 3 heterocycles. The smallest absolute Gasteiger partial charge is 0.229 e. The SMILES string of the molecule is C=P(=O)c1cc(C)ccc1Nc1nc(Nc2ccc(N3CCC(N4CCN(C)CC4)CC3)cc2OC)ncc1Cl. The summed E-state index contributed by atoms with van der Waals surface area (Å²) in [6.07, 6.45) is 7.58. The van der Waals surface area contributed by atoms with Crippen LogP contribution in [0.25, 0.3) is 0 Å². The van der Waals surface area contributed by atoms with E-state index < -0.39 is 7.42 Å². The highest BCUT2D eigenvalue weighted by atomic mass is 35.5. The number of aryl methyl sites for hydroxylation is 1. The first-order valence-corrected chi connectivity index (χ1v) is 15.4. The van der Waals surface area contributed by atoms with Crippen LogP contribution in [0.3, 0.4) is 0 Å². The van der Waals surface area contributed by atoms with Crippen LogP contribution in [0.5, 0.6) is 5.75 Å². The molecule has 2 aliphatic rings. The topological polar surface area (TPSA) is 85.9 Å². The largest absolute Gasteiger partial charge is 0.494 e. The van der Waals surface area contributed by atoms with Crippen molar-refractivity contribution in [1.29, 1.82) is 0 Å². The number of piperidine rings is 1. The summed E-state index contributed by atoms with van der Waals surface area (Å²) in [4.78, 5) is 16.4. The molecule has 9 nitrogen and oxygen atoms in total. The number of likely N-dealkylation sites (N-methyl/N-ethyl adjacent to an activating group) is 1. The lowest BCUT2D eigenvalue weighted by Gasteiger charge is -2.42. The summed E-state index contributed by atoms with van der Waals surface area (Å²) in [7, 11) is 2.07. The Bertz CT molecular complexity index is 1410. The number of benzene rings is 2. The molecule has 3 aromatic rings. The summed E-state index contributed by atoms with van der Waals surface area (Å²) in [6, 6.07) is 12.5. The molecule has 1 atom stereocenters. The second-order valence-corrected chi connectivity index (χ2v) is 12.1. The average Bonchev–Trinajstić information content (AvgIpc) is 2.96. The Balaban J connectivity index is 1.27. The highest BCUT2D eigenvalue weighted by Gasteiger charge is 2.27. The van der Waals surface area contributed by atoms with E-state index in [1.54, 1.807) is 7.11 Å². The van der Waals surface area contributed by atoms with Crippen molar-refractivity contribution < 1.29 is 9.30 Å². The summed E-state index contributed by atoms with van der Waals surface area (Å²) in [5.41, 5.74) is 3.54. The number of hydrogen-bond donors (Lipinski definition) is 2. The molecule has 212 valence electrons. The first-order valence-electron chi connectivity index (χ1n) is 13.6. The van der Waals surface area contributed by atoms with E-state index in [0.717, 1.165) is 43.1 Å². The first-order chi connectivity index (χ1) is 19.3. The molecule has 0 amide bonds. The summed E-state index contributed by atoms with van der Waals surface area (Å²) >= 11 is 6.40. The molecular formula is C29H37ClN7O2P. The van der Waals surface area contributed by atoms with Crippen molar-refractivity contribution in [3.63, 3.8) is 0 Å². The Morgan fingerprint density at radius 3 is 2.45 bits per heavy atom. The van der Waals surface area contributed by atoms with Gasteiger partial charge in [0.2, 0.25) is 5.95 Å². The van der Waals surface area contributed by atoms with Gasteiger partial charge in [-0.3, -0.25) is 9.46 Å². The quantitative estimate of drug-likeness (QED) is 0.356. The van der Waals surface area contributed by atoms with Crippen LogP contribution in [-0.4, -0.2) is 85.5 Å². The van der Waals surface area contributed by atoms with Gasteiger partial charge in [0.1, 0.15) is 18.2 Å². The number of hydrogen-bond acceptors (Lipinski definition) is 9. The predicted octanol–water partition coefficient (Wildman–Crippen LogP) is 5.04. The van der Waals surface area contributed by atoms with Gasteiger partial charge in [-0.05, 0) is 62.9 Å². The molecule has 1 aromatic heterocycles. The highest BCUT2D eigenvalue weighted by molar-refractivity contribution is 7.52. The number of anilines is 5. The van der Waals surface area contributed by atoms with E-state index in [2.05, 4.69) is 60.8 Å². The van der Waals surface area contributed by atoms with Crippen LogP contribution in [0, 0.1) is 6.92 Å². The Morgan fingerprint density at radius 2 is 1.75 bits per heavy atom. The number of ether oxygens (including phenoxy) is 1. The molecule has 0 spiro atoms. The van der Waals surface area contributed by atoms with Crippen LogP contribution in [-0.2, 0) is 4.57 Å². The fraction of sp³-hybridized carbons (Fsp3) is 0.414. The van der Waals surface area contributed by atoms with E-state index in [1.165, 1.54) is 32.1 Å². The standard InChI is InChI=1S/C29H37ClN7O2P/c1-20-5-7-25(27(17-20)40(4)38)32-28-23(30)19-31-29(34-28)33-24-8-6-22(18-26(24)39-3)36-11-9-21(10-12-36)37-15-13-35(2)14-16-37/h5-8,17-19,21H,4,9-16H2,1-3H3,(H2,31,32,33,34). The van der Waals surface area contributed by atoms with Crippen LogP contribution in [0.1, 0.15) is 18.4 Å². The van der Waals surface area contributed by atoms with Crippen LogP contribution < -0.4 is 25.6 Å². The van der Waals surface area contributed by atoms with E-state index in [1.807, 2.05) is 31.2 Å². The molecule has 2 saturated heterocycles. The molecule has 0 bridgehead atoms. The average molecular weight is 582 g/mol. The number of nitrogens with zero attached hydrogens (tertiary/aromatic N) is 5. The Morgan fingerprint density at radius 1 is 1.02 bits per heavy atom. The highest BCUT2D eigenvalue weighted by Crippen LogP contribution is 2.34. The summed E-state index contributed by atoms with van der Waals surface area (Å²) in [5, 5.41) is 7.42. The second kappa shape index (κ2) is 12.6. The third kappa shape index (κ3) is 6.61. The van der Waals surface area contributed by atoms with E-state index in [9.17, 15) is 4.57 Å². The molecule has 2 aromatic carbocycles. The van der Waals surface area contributed by atoms with Crippen molar-refractivity contribution in [2.24, 2.45) is 0 Å². The molecule has 1 unspecified atom stereocenters. The number of piperazine rings is 1. The Hall–Kier alpha value is -3.10. The van der Waals surface area contributed by atoms with Crippen molar-refractivity contribution >= 4 is 59.5 Å². The molecule has 5 rings (SSSR count). The van der Waals surface area contributed by atoms with E-state index >= 15 is 0 Å². The normalized spacial score (nSPS) is 17.5. The molecule has 2 fully saturated rings. The summed E-state index contributed by atoms with van der Waals surface area (Å²) in [5.74, 6) is 1.47. The van der Waals surface area contributed by atoms with Crippen molar-refractivity contribution in [2.75, 3.05) is 69.0 Å². The third-order valence-electron chi connectivity index (χ3n) is 7.73.